The number of carbonyl (C=O) groups is 1. The van der Waals surface area contributed by atoms with Gasteiger partial charge in [-0.2, -0.15) is 0 Å². The second kappa shape index (κ2) is 13.5. The molecule has 0 aromatic rings. The van der Waals surface area contributed by atoms with Crippen LogP contribution in [0.4, 0.5) is 0 Å². The third-order valence-corrected chi connectivity index (χ3v) is 3.59. The van der Waals surface area contributed by atoms with Crippen molar-refractivity contribution in [2.45, 2.75) is 13.8 Å². The van der Waals surface area contributed by atoms with E-state index in [2.05, 4.69) is 4.99 Å². The van der Waals surface area contributed by atoms with Crippen molar-refractivity contribution >= 4 is 33.9 Å². The molecule has 8 heteroatoms. The van der Waals surface area contributed by atoms with Gasteiger partial charge in [-0.3, -0.25) is 0 Å². The maximum Gasteiger partial charge on any atom is 1.00 e. The number of hydrogen-bond donors (Lipinski definition) is 0. The third-order valence-electron chi connectivity index (χ3n) is 1.71. The van der Waals surface area contributed by atoms with Crippen molar-refractivity contribution in [2.24, 2.45) is 4.99 Å². The Hall–Kier alpha value is -0.483. The van der Waals surface area contributed by atoms with Crippen LogP contribution in [0.1, 0.15) is 13.8 Å². The molecule has 0 saturated heterocycles. The topological polar surface area (TPSA) is 71.0 Å². The van der Waals surface area contributed by atoms with Crippen LogP contribution in [-0.4, -0.2) is 36.1 Å². The average molecular weight is 311 g/mol. The van der Waals surface area contributed by atoms with Gasteiger partial charge in [0.25, 0.3) is 0 Å². The van der Waals surface area contributed by atoms with E-state index in [9.17, 15) is 9.90 Å². The minimum absolute atomic E-state index is 0. The molecular formula is C12H18LiNO4S2. The normalized spacial score (nSPS) is 11.4. The first-order valence-corrected chi connectivity index (χ1v) is 8.09. The minimum atomic E-state index is -0.566. The molecule has 20 heavy (non-hydrogen) atoms. The molecule has 0 aliphatic heterocycles. The quantitative estimate of drug-likeness (QED) is 0.116. The van der Waals surface area contributed by atoms with E-state index in [1.165, 1.54) is 29.6 Å². The first kappa shape index (κ1) is 21.8. The molecule has 0 heterocycles. The molecular weight excluding hydrogens is 293 g/mol. The summed E-state index contributed by atoms with van der Waals surface area (Å²) in [5.74, 6) is -1.09. The standard InChI is InChI=1S/C12H19NO4S2.Li/c1-5-16-10(14)8-7-9(11(15)17-6-2)13-12(18-3)19-4;/h7-8,15H,5-6H2,1-4H3;/q;+1/p-1/b8-7-,11-9-;. The Labute approximate surface area is 140 Å². The van der Waals surface area contributed by atoms with Crippen molar-refractivity contribution in [3.63, 3.8) is 0 Å². The van der Waals surface area contributed by atoms with Crippen molar-refractivity contribution in [2.75, 3.05) is 25.7 Å². The van der Waals surface area contributed by atoms with E-state index in [1.54, 1.807) is 13.8 Å². The molecule has 0 spiro atoms. The van der Waals surface area contributed by atoms with Gasteiger partial charge >= 0.3 is 24.8 Å². The molecule has 0 aliphatic carbocycles. The maximum absolute atomic E-state index is 11.7. The van der Waals surface area contributed by atoms with Gasteiger partial charge in [-0.25, -0.2) is 9.79 Å². The average Bonchev–Trinajstić information content (AvgIpc) is 2.39. The molecule has 5 nitrogen and oxygen atoms in total. The zero-order valence-corrected chi connectivity index (χ0v) is 14.1. The second-order valence-electron chi connectivity index (χ2n) is 2.98. The molecule has 0 unspecified atom stereocenters. The zero-order chi connectivity index (χ0) is 14.7. The van der Waals surface area contributed by atoms with E-state index >= 15 is 0 Å². The van der Waals surface area contributed by atoms with E-state index < -0.39 is 11.9 Å². The number of thioether (sulfide) groups is 2. The second-order valence-corrected chi connectivity index (χ2v) is 4.83. The van der Waals surface area contributed by atoms with Crippen LogP contribution >= 0.6 is 23.5 Å². The molecule has 0 atom stereocenters. The molecule has 108 valence electrons. The van der Waals surface area contributed by atoms with E-state index in [1.807, 2.05) is 12.5 Å². The predicted molar refractivity (Wildman–Crippen MR) is 78.9 cm³/mol. The third kappa shape index (κ3) is 9.43. The number of aliphatic imine (C=N–C) groups is 1. The molecule has 0 bridgehead atoms. The van der Waals surface area contributed by atoms with Gasteiger partial charge in [-0.05, 0) is 32.1 Å². The molecule has 0 N–H and O–H groups in total. The fourth-order valence-electron chi connectivity index (χ4n) is 0.966. The van der Waals surface area contributed by atoms with Crippen LogP contribution < -0.4 is 24.0 Å². The molecule has 0 aromatic heterocycles. The first-order chi connectivity index (χ1) is 9.08. The van der Waals surface area contributed by atoms with Crippen LogP contribution in [0.25, 0.3) is 0 Å². The SMILES string of the molecule is CCOC(=O)/C=C\C(N=C(SC)SC)=C(/[O-])OCC.[Li+]. The zero-order valence-electron chi connectivity index (χ0n) is 12.5. The minimum Gasteiger partial charge on any atom is -0.612 e. The van der Waals surface area contributed by atoms with Gasteiger partial charge in [0.2, 0.25) is 0 Å². The Morgan fingerprint density at radius 2 is 1.70 bits per heavy atom. The van der Waals surface area contributed by atoms with Crippen LogP contribution in [0.3, 0.4) is 0 Å². The van der Waals surface area contributed by atoms with Crippen LogP contribution in [0.15, 0.2) is 28.8 Å². The number of nitrogens with zero attached hydrogens (tertiary/aromatic N) is 1. The summed E-state index contributed by atoms with van der Waals surface area (Å²) in [6.45, 7) is 3.94. The first-order valence-electron chi connectivity index (χ1n) is 5.64. The Morgan fingerprint density at radius 3 is 2.15 bits per heavy atom. The van der Waals surface area contributed by atoms with Gasteiger partial charge in [-0.15, -0.1) is 23.5 Å². The summed E-state index contributed by atoms with van der Waals surface area (Å²) in [4.78, 5) is 15.4. The molecule has 0 rings (SSSR count). The van der Waals surface area contributed by atoms with Gasteiger partial charge < -0.3 is 14.6 Å². The van der Waals surface area contributed by atoms with E-state index in [-0.39, 0.29) is 37.8 Å². The molecule has 0 amide bonds. The molecule has 0 aromatic carbocycles. The predicted octanol–water partition coefficient (Wildman–Crippen LogP) is -1.24. The smallest absolute Gasteiger partial charge is 0.612 e. The van der Waals surface area contributed by atoms with Crippen molar-refractivity contribution in [3.05, 3.63) is 23.8 Å². The van der Waals surface area contributed by atoms with Crippen molar-refractivity contribution < 1.29 is 38.2 Å². The van der Waals surface area contributed by atoms with Gasteiger partial charge in [0.15, 0.2) is 0 Å². The fraction of sp³-hybridized carbons (Fsp3) is 0.500. The van der Waals surface area contributed by atoms with E-state index in [0.29, 0.717) is 4.38 Å². The van der Waals surface area contributed by atoms with Crippen LogP contribution in [0.2, 0.25) is 0 Å². The Kier molecular flexibility index (Phi) is 14.7. The number of rotatable bonds is 6. The summed E-state index contributed by atoms with van der Waals surface area (Å²) in [7, 11) is 0. The van der Waals surface area contributed by atoms with Crippen molar-refractivity contribution in [3.8, 4) is 0 Å². The molecule has 0 aliphatic rings. The van der Waals surface area contributed by atoms with Gasteiger partial charge in [0.05, 0.1) is 18.2 Å². The maximum atomic E-state index is 11.7. The summed E-state index contributed by atoms with van der Waals surface area (Å²) >= 11 is 2.83. The fourth-order valence-corrected chi connectivity index (χ4v) is 2.01. The van der Waals surface area contributed by atoms with Crippen LogP contribution in [-0.2, 0) is 14.3 Å². The summed E-state index contributed by atoms with van der Waals surface area (Å²) < 4.78 is 10.3. The van der Waals surface area contributed by atoms with E-state index in [4.69, 9.17) is 9.47 Å². The number of ether oxygens (including phenoxy) is 2. The van der Waals surface area contributed by atoms with E-state index in [0.717, 1.165) is 6.08 Å². The van der Waals surface area contributed by atoms with Crippen LogP contribution in [0.5, 0.6) is 0 Å². The monoisotopic (exact) mass is 311 g/mol. The Morgan fingerprint density at radius 1 is 1.15 bits per heavy atom. The summed E-state index contributed by atoms with van der Waals surface area (Å²) in [5.41, 5.74) is 0.0774. The van der Waals surface area contributed by atoms with Crippen LogP contribution in [0, 0.1) is 0 Å². The molecule has 0 fully saturated rings. The summed E-state index contributed by atoms with van der Waals surface area (Å²) in [6.07, 6.45) is 6.18. The molecule has 0 radical (unpaired) electrons. The number of allylic oxidation sites excluding steroid dienone is 1. The van der Waals surface area contributed by atoms with Crippen molar-refractivity contribution in [1.29, 1.82) is 0 Å². The van der Waals surface area contributed by atoms with Gasteiger partial charge in [-0.1, -0.05) is 6.92 Å². The Balaban J connectivity index is 0. The van der Waals surface area contributed by atoms with Gasteiger partial charge in [0.1, 0.15) is 4.38 Å². The summed E-state index contributed by atoms with van der Waals surface area (Å²) in [6, 6.07) is 0. The Bertz CT molecular complexity index is 378. The number of hydrogen-bond acceptors (Lipinski definition) is 7. The number of esters is 1. The molecule has 0 saturated carbocycles. The largest absolute Gasteiger partial charge is 1.00 e. The van der Waals surface area contributed by atoms with Crippen molar-refractivity contribution in [1.82, 2.24) is 0 Å². The van der Waals surface area contributed by atoms with Gasteiger partial charge in [0, 0.05) is 6.08 Å². The summed E-state index contributed by atoms with van der Waals surface area (Å²) in [5, 5.41) is 11.7. The number of carbonyl (C=O) groups excluding carboxylic acids is 1.